The molecule has 2 amide bonds. The monoisotopic (exact) mass is 464 g/mol. The number of imide groups is 1. The first-order chi connectivity index (χ1) is 15.6. The number of hydrogen-bond acceptors (Lipinski definition) is 7. The van der Waals surface area contributed by atoms with Crippen molar-refractivity contribution in [2.24, 2.45) is 5.73 Å². The van der Waals surface area contributed by atoms with Crippen LogP contribution in [0.3, 0.4) is 0 Å². The summed E-state index contributed by atoms with van der Waals surface area (Å²) in [5, 5.41) is 1.96. The molecule has 1 heterocycles. The van der Waals surface area contributed by atoms with E-state index in [1.165, 1.54) is 42.5 Å². The van der Waals surface area contributed by atoms with Crippen LogP contribution in [0.5, 0.6) is 11.5 Å². The highest BCUT2D eigenvalue weighted by Gasteiger charge is 2.35. The number of hydrogen-bond donors (Lipinski definition) is 2. The predicted octanol–water partition coefficient (Wildman–Crippen LogP) is 3.54. The molecular weight excluding hydrogens is 445 g/mol. The largest absolute Gasteiger partial charge is 0.465 e. The van der Waals surface area contributed by atoms with Gasteiger partial charge in [0.2, 0.25) is 0 Å². The molecule has 2 aromatic carbocycles. The summed E-state index contributed by atoms with van der Waals surface area (Å²) in [6, 6.07) is 8.12. The molecule has 0 spiro atoms. The third-order valence-electron chi connectivity index (χ3n) is 4.47. The number of benzene rings is 2. The smallest absolute Gasteiger partial charge is 0.419 e. The van der Waals surface area contributed by atoms with Crippen molar-refractivity contribution >= 4 is 24.0 Å². The van der Waals surface area contributed by atoms with Gasteiger partial charge in [-0.25, -0.2) is 4.79 Å². The highest BCUT2D eigenvalue weighted by Crippen LogP contribution is 2.36. The molecule has 1 fully saturated rings. The maximum absolute atomic E-state index is 13.6. The van der Waals surface area contributed by atoms with Gasteiger partial charge in [0.1, 0.15) is 17.5 Å². The molecule has 0 radical (unpaired) electrons. The SMILES string of the molecule is CCOC(=O)C(N)Cc1ccc(Oc2ccc(C=C3OC(=O)NC3=O)cc2)cc1C(F)(F)F. The van der Waals surface area contributed by atoms with E-state index in [-0.39, 0.29) is 35.8 Å². The second-order valence-corrected chi connectivity index (χ2v) is 6.90. The standard InChI is InChI=1S/C22H19F3N2O6/c1-2-31-20(29)17(26)10-13-5-8-15(11-16(13)22(23,24)25)32-14-6-3-12(4-7-14)9-18-19(28)27-21(30)33-18/h3-9,11,17H,2,10,26H2,1H3,(H,27,28,30). The topological polar surface area (TPSA) is 117 Å². The lowest BCUT2D eigenvalue weighted by Gasteiger charge is -2.17. The Kier molecular flexibility index (Phi) is 7.02. The fraction of sp³-hybridized carbons (Fsp3) is 0.227. The van der Waals surface area contributed by atoms with Gasteiger partial charge in [-0.1, -0.05) is 18.2 Å². The number of carbonyl (C=O) groups excluding carboxylic acids is 3. The zero-order valence-electron chi connectivity index (χ0n) is 17.3. The third-order valence-corrected chi connectivity index (χ3v) is 4.47. The lowest BCUT2D eigenvalue weighted by Crippen LogP contribution is -2.35. The first-order valence-electron chi connectivity index (χ1n) is 9.72. The summed E-state index contributed by atoms with van der Waals surface area (Å²) in [5.74, 6) is -1.49. The maximum atomic E-state index is 13.6. The van der Waals surface area contributed by atoms with Crippen molar-refractivity contribution in [3.05, 3.63) is 64.9 Å². The van der Waals surface area contributed by atoms with E-state index in [1.54, 1.807) is 6.92 Å². The average molecular weight is 464 g/mol. The Morgan fingerprint density at radius 1 is 1.15 bits per heavy atom. The van der Waals surface area contributed by atoms with Gasteiger partial charge in [-0.05, 0) is 54.8 Å². The number of halogens is 3. The summed E-state index contributed by atoms with van der Waals surface area (Å²) in [4.78, 5) is 34.2. The van der Waals surface area contributed by atoms with E-state index in [0.29, 0.717) is 5.56 Å². The second kappa shape index (κ2) is 9.74. The van der Waals surface area contributed by atoms with E-state index >= 15 is 0 Å². The number of rotatable bonds is 7. The highest BCUT2D eigenvalue weighted by atomic mass is 19.4. The molecule has 3 rings (SSSR count). The summed E-state index contributed by atoms with van der Waals surface area (Å²) in [6.07, 6.45) is -4.60. The summed E-state index contributed by atoms with van der Waals surface area (Å²) in [7, 11) is 0. The number of esters is 1. The van der Waals surface area contributed by atoms with Crippen molar-refractivity contribution in [2.75, 3.05) is 6.61 Å². The van der Waals surface area contributed by atoms with Crippen molar-refractivity contribution in [1.29, 1.82) is 0 Å². The lowest BCUT2D eigenvalue weighted by atomic mass is 9.99. The molecule has 1 atom stereocenters. The Hall–Kier alpha value is -3.86. The number of ether oxygens (including phenoxy) is 3. The zero-order chi connectivity index (χ0) is 24.2. The molecule has 0 saturated carbocycles. The van der Waals surface area contributed by atoms with Crippen LogP contribution in [0.15, 0.2) is 48.2 Å². The first-order valence-corrected chi connectivity index (χ1v) is 9.72. The van der Waals surface area contributed by atoms with E-state index in [2.05, 4.69) is 0 Å². The van der Waals surface area contributed by atoms with Crippen molar-refractivity contribution in [3.8, 4) is 11.5 Å². The molecule has 33 heavy (non-hydrogen) atoms. The normalized spacial score (nSPS) is 15.7. The van der Waals surface area contributed by atoms with Crippen LogP contribution in [0, 0.1) is 0 Å². The van der Waals surface area contributed by atoms with Crippen LogP contribution in [0.25, 0.3) is 6.08 Å². The quantitative estimate of drug-likeness (QED) is 0.476. The second-order valence-electron chi connectivity index (χ2n) is 6.90. The van der Waals surface area contributed by atoms with E-state index in [9.17, 15) is 27.6 Å². The Labute approximate surface area is 186 Å². The fourth-order valence-electron chi connectivity index (χ4n) is 2.97. The molecule has 174 valence electrons. The summed E-state index contributed by atoms with van der Waals surface area (Å²) in [6.45, 7) is 1.64. The van der Waals surface area contributed by atoms with Crippen LogP contribution in [-0.4, -0.2) is 30.6 Å². The molecule has 0 bridgehead atoms. The minimum Gasteiger partial charge on any atom is -0.465 e. The minimum absolute atomic E-state index is 0.0691. The van der Waals surface area contributed by atoms with E-state index in [0.717, 1.165) is 6.07 Å². The summed E-state index contributed by atoms with van der Waals surface area (Å²) < 4.78 is 55.7. The number of alkyl carbamates (subject to hydrolysis) is 1. The molecule has 1 aliphatic rings. The molecule has 0 aliphatic carbocycles. The van der Waals surface area contributed by atoms with Gasteiger partial charge in [0.05, 0.1) is 12.2 Å². The molecule has 11 heteroatoms. The summed E-state index contributed by atoms with van der Waals surface area (Å²) in [5.41, 5.74) is 5.03. The molecule has 1 saturated heterocycles. The van der Waals surface area contributed by atoms with E-state index in [4.69, 9.17) is 19.9 Å². The van der Waals surface area contributed by atoms with Gasteiger partial charge in [-0.3, -0.25) is 14.9 Å². The highest BCUT2D eigenvalue weighted by molar-refractivity contribution is 6.09. The number of cyclic esters (lactones) is 1. The number of carbonyl (C=O) groups is 3. The van der Waals surface area contributed by atoms with E-state index < -0.39 is 35.8 Å². The third kappa shape index (κ3) is 6.10. The van der Waals surface area contributed by atoms with Gasteiger partial charge in [0, 0.05) is 0 Å². The van der Waals surface area contributed by atoms with Crippen LogP contribution in [0.4, 0.5) is 18.0 Å². The number of alkyl halides is 3. The van der Waals surface area contributed by atoms with E-state index in [1.807, 2.05) is 5.32 Å². The van der Waals surface area contributed by atoms with Gasteiger partial charge >= 0.3 is 18.2 Å². The number of nitrogens with one attached hydrogen (secondary N) is 1. The Bertz CT molecular complexity index is 1100. The Morgan fingerprint density at radius 3 is 2.39 bits per heavy atom. The van der Waals surface area contributed by atoms with Crippen molar-refractivity contribution in [1.82, 2.24) is 5.32 Å². The van der Waals surface area contributed by atoms with Crippen LogP contribution in [0.1, 0.15) is 23.6 Å². The number of amides is 2. The van der Waals surface area contributed by atoms with Crippen LogP contribution < -0.4 is 15.8 Å². The van der Waals surface area contributed by atoms with Crippen LogP contribution in [0.2, 0.25) is 0 Å². The molecule has 1 aliphatic heterocycles. The Morgan fingerprint density at radius 2 is 1.82 bits per heavy atom. The minimum atomic E-state index is -4.70. The molecule has 3 N–H and O–H groups in total. The van der Waals surface area contributed by atoms with Gasteiger partial charge in [-0.2, -0.15) is 13.2 Å². The van der Waals surface area contributed by atoms with Gasteiger partial charge in [-0.15, -0.1) is 0 Å². The Balaban J connectivity index is 1.77. The first kappa shape index (κ1) is 23.8. The van der Waals surface area contributed by atoms with Crippen molar-refractivity contribution in [2.45, 2.75) is 25.6 Å². The van der Waals surface area contributed by atoms with Crippen LogP contribution in [-0.2, 0) is 31.7 Å². The van der Waals surface area contributed by atoms with Crippen molar-refractivity contribution < 1.29 is 41.8 Å². The maximum Gasteiger partial charge on any atom is 0.419 e. The van der Waals surface area contributed by atoms with Crippen LogP contribution >= 0.6 is 0 Å². The number of nitrogens with two attached hydrogens (primary N) is 1. The molecule has 0 aromatic heterocycles. The van der Waals surface area contributed by atoms with Gasteiger partial charge < -0.3 is 19.9 Å². The van der Waals surface area contributed by atoms with Crippen molar-refractivity contribution in [3.63, 3.8) is 0 Å². The zero-order valence-corrected chi connectivity index (χ0v) is 17.3. The van der Waals surface area contributed by atoms with Gasteiger partial charge in [0.15, 0.2) is 5.76 Å². The van der Waals surface area contributed by atoms with Gasteiger partial charge in [0.25, 0.3) is 5.91 Å². The molecular formula is C22H19F3N2O6. The summed E-state index contributed by atoms with van der Waals surface area (Å²) >= 11 is 0. The predicted molar refractivity (Wildman–Crippen MR) is 109 cm³/mol. The average Bonchev–Trinajstić information content (AvgIpc) is 3.06. The fourth-order valence-corrected chi connectivity index (χ4v) is 2.97. The molecule has 2 aromatic rings. The molecule has 1 unspecified atom stereocenters. The molecule has 8 nitrogen and oxygen atoms in total. The lowest BCUT2D eigenvalue weighted by molar-refractivity contribution is -0.145.